The van der Waals surface area contributed by atoms with Crippen LogP contribution in [0.5, 0.6) is 0 Å². The van der Waals surface area contributed by atoms with Gasteiger partial charge < -0.3 is 9.88 Å². The average molecular weight is 322 g/mol. The number of hydrogen-bond acceptors (Lipinski definition) is 4. The Kier molecular flexibility index (Phi) is 6.01. The van der Waals surface area contributed by atoms with Crippen molar-refractivity contribution in [3.63, 3.8) is 0 Å². The molecular weight excluding hydrogens is 302 g/mol. The topological polar surface area (TPSA) is 81.1 Å². The molecule has 0 bridgehead atoms. The lowest BCUT2D eigenvalue weighted by Gasteiger charge is -2.09. The fourth-order valence-corrected chi connectivity index (χ4v) is 2.32. The largest absolute Gasteiger partial charge is 0.354 e. The standard InChI is InChI=1S/C12H20ClN3O3S/c1-4-5-10-15-12(20(13,18)19)8-16(10)7-11(17)14-6-9(2)3/h8-9H,4-7H2,1-3H3,(H,14,17). The number of rotatable bonds is 7. The van der Waals surface area contributed by atoms with Crippen molar-refractivity contribution in [3.8, 4) is 0 Å². The van der Waals surface area contributed by atoms with Gasteiger partial charge in [-0.15, -0.1) is 0 Å². The van der Waals surface area contributed by atoms with E-state index in [4.69, 9.17) is 10.7 Å². The summed E-state index contributed by atoms with van der Waals surface area (Å²) in [5.74, 6) is 0.731. The molecule has 1 heterocycles. The third kappa shape index (κ3) is 5.13. The molecule has 1 aromatic rings. The van der Waals surface area contributed by atoms with Gasteiger partial charge in [-0.2, -0.15) is 0 Å². The van der Waals surface area contributed by atoms with Gasteiger partial charge in [0.15, 0.2) is 5.03 Å². The summed E-state index contributed by atoms with van der Waals surface area (Å²) in [6.45, 7) is 6.57. The number of nitrogens with one attached hydrogen (secondary N) is 1. The molecule has 20 heavy (non-hydrogen) atoms. The molecule has 0 aliphatic carbocycles. The van der Waals surface area contributed by atoms with Crippen LogP contribution in [0.3, 0.4) is 0 Å². The van der Waals surface area contributed by atoms with E-state index < -0.39 is 9.05 Å². The molecule has 1 rings (SSSR count). The molecule has 0 spiro atoms. The summed E-state index contributed by atoms with van der Waals surface area (Å²) in [7, 11) is 1.40. The van der Waals surface area contributed by atoms with Gasteiger partial charge in [0.1, 0.15) is 12.4 Å². The molecule has 0 aromatic carbocycles. The number of carbonyl (C=O) groups excluding carboxylic acids is 1. The molecule has 114 valence electrons. The van der Waals surface area contributed by atoms with Crippen molar-refractivity contribution in [3.05, 3.63) is 12.0 Å². The molecule has 0 aliphatic rings. The summed E-state index contributed by atoms with van der Waals surface area (Å²) >= 11 is 0. The van der Waals surface area contributed by atoms with E-state index in [-0.39, 0.29) is 17.5 Å². The number of amides is 1. The van der Waals surface area contributed by atoms with Crippen LogP contribution in [-0.4, -0.2) is 30.4 Å². The summed E-state index contributed by atoms with van der Waals surface area (Å²) in [5.41, 5.74) is 0. The highest BCUT2D eigenvalue weighted by Crippen LogP contribution is 2.15. The summed E-state index contributed by atoms with van der Waals surface area (Å²) in [6.07, 6.45) is 2.69. The SMILES string of the molecule is CCCc1nc(S(=O)(=O)Cl)cn1CC(=O)NCC(C)C. The van der Waals surface area contributed by atoms with Crippen LogP contribution in [0.4, 0.5) is 0 Å². The maximum Gasteiger partial charge on any atom is 0.280 e. The average Bonchev–Trinajstić information content (AvgIpc) is 2.70. The highest BCUT2D eigenvalue weighted by atomic mass is 35.7. The van der Waals surface area contributed by atoms with Crippen LogP contribution in [-0.2, 0) is 26.8 Å². The zero-order chi connectivity index (χ0) is 15.3. The van der Waals surface area contributed by atoms with Crippen LogP contribution < -0.4 is 5.32 Å². The molecule has 0 unspecified atom stereocenters. The van der Waals surface area contributed by atoms with Crippen molar-refractivity contribution >= 4 is 25.6 Å². The second-order valence-electron chi connectivity index (χ2n) is 5.01. The molecule has 0 fully saturated rings. The quantitative estimate of drug-likeness (QED) is 0.772. The van der Waals surface area contributed by atoms with Crippen molar-refractivity contribution in [2.75, 3.05) is 6.54 Å². The zero-order valence-corrected chi connectivity index (χ0v) is 13.5. The Hall–Kier alpha value is -1.08. The van der Waals surface area contributed by atoms with Crippen LogP contribution in [0.15, 0.2) is 11.2 Å². The number of aromatic nitrogens is 2. The van der Waals surface area contributed by atoms with Crippen LogP contribution in [0.2, 0.25) is 0 Å². The van der Waals surface area contributed by atoms with E-state index in [2.05, 4.69) is 10.3 Å². The van der Waals surface area contributed by atoms with E-state index in [9.17, 15) is 13.2 Å². The summed E-state index contributed by atoms with van der Waals surface area (Å²) in [4.78, 5) is 15.8. The maximum atomic E-state index is 11.8. The van der Waals surface area contributed by atoms with Gasteiger partial charge in [-0.1, -0.05) is 20.8 Å². The first-order valence-corrected chi connectivity index (χ1v) is 8.82. The van der Waals surface area contributed by atoms with Gasteiger partial charge in [0, 0.05) is 29.8 Å². The Morgan fingerprint density at radius 1 is 1.50 bits per heavy atom. The van der Waals surface area contributed by atoms with E-state index >= 15 is 0 Å². The number of imidazole rings is 1. The molecule has 1 aromatic heterocycles. The van der Waals surface area contributed by atoms with Crippen LogP contribution >= 0.6 is 10.7 Å². The Balaban J connectivity index is 2.87. The van der Waals surface area contributed by atoms with E-state index in [1.165, 1.54) is 10.8 Å². The molecule has 1 amide bonds. The van der Waals surface area contributed by atoms with Gasteiger partial charge in [0.2, 0.25) is 5.91 Å². The van der Waals surface area contributed by atoms with Crippen molar-refractivity contribution in [1.82, 2.24) is 14.9 Å². The van der Waals surface area contributed by atoms with Crippen molar-refractivity contribution in [2.45, 2.75) is 45.2 Å². The summed E-state index contributed by atoms with van der Waals surface area (Å²) in [5, 5.41) is 2.57. The Bertz CT molecular complexity index is 567. The lowest BCUT2D eigenvalue weighted by atomic mass is 10.2. The van der Waals surface area contributed by atoms with Gasteiger partial charge in [0.05, 0.1) is 0 Å². The molecule has 6 nitrogen and oxygen atoms in total. The number of hydrogen-bond donors (Lipinski definition) is 1. The Morgan fingerprint density at radius 3 is 2.65 bits per heavy atom. The summed E-state index contributed by atoms with van der Waals surface area (Å²) < 4.78 is 24.1. The smallest absolute Gasteiger partial charge is 0.280 e. The Labute approximate surface area is 123 Å². The van der Waals surface area contributed by atoms with E-state index in [0.717, 1.165) is 6.42 Å². The predicted octanol–water partition coefficient (Wildman–Crippen LogP) is 1.54. The van der Waals surface area contributed by atoms with Gasteiger partial charge in [0.25, 0.3) is 9.05 Å². The molecule has 0 saturated carbocycles. The predicted molar refractivity (Wildman–Crippen MR) is 77.1 cm³/mol. The fraction of sp³-hybridized carbons (Fsp3) is 0.667. The van der Waals surface area contributed by atoms with Crippen LogP contribution in [0.1, 0.15) is 33.0 Å². The normalized spacial score (nSPS) is 11.8. The minimum Gasteiger partial charge on any atom is -0.354 e. The van der Waals surface area contributed by atoms with E-state index in [1.54, 1.807) is 0 Å². The zero-order valence-electron chi connectivity index (χ0n) is 11.9. The second-order valence-corrected chi connectivity index (χ2v) is 7.52. The number of nitrogens with zero attached hydrogens (tertiary/aromatic N) is 2. The first-order chi connectivity index (χ1) is 9.24. The van der Waals surface area contributed by atoms with Gasteiger partial charge in [-0.25, -0.2) is 13.4 Å². The maximum absolute atomic E-state index is 11.8. The fourth-order valence-electron chi connectivity index (χ4n) is 1.63. The first-order valence-electron chi connectivity index (χ1n) is 6.51. The second kappa shape index (κ2) is 7.08. The lowest BCUT2D eigenvalue weighted by Crippen LogP contribution is -2.30. The Morgan fingerprint density at radius 2 is 2.15 bits per heavy atom. The van der Waals surface area contributed by atoms with Gasteiger partial charge in [-0.3, -0.25) is 4.79 Å². The third-order valence-corrected chi connectivity index (χ3v) is 3.75. The van der Waals surface area contributed by atoms with Crippen molar-refractivity contribution < 1.29 is 13.2 Å². The van der Waals surface area contributed by atoms with Crippen LogP contribution in [0, 0.1) is 5.92 Å². The third-order valence-electron chi connectivity index (χ3n) is 2.58. The minimum atomic E-state index is -3.88. The van der Waals surface area contributed by atoms with Crippen LogP contribution in [0.25, 0.3) is 0 Å². The molecule has 0 atom stereocenters. The highest BCUT2D eigenvalue weighted by Gasteiger charge is 2.18. The molecule has 8 heteroatoms. The lowest BCUT2D eigenvalue weighted by molar-refractivity contribution is -0.121. The first kappa shape index (κ1) is 17.0. The van der Waals surface area contributed by atoms with E-state index in [1.807, 2.05) is 20.8 Å². The highest BCUT2D eigenvalue weighted by molar-refractivity contribution is 8.13. The number of halogens is 1. The van der Waals surface area contributed by atoms with Crippen molar-refractivity contribution in [1.29, 1.82) is 0 Å². The monoisotopic (exact) mass is 321 g/mol. The van der Waals surface area contributed by atoms with Gasteiger partial charge in [-0.05, 0) is 12.3 Å². The molecule has 0 saturated heterocycles. The minimum absolute atomic E-state index is 0.0431. The molecule has 0 aliphatic heterocycles. The summed E-state index contributed by atoms with van der Waals surface area (Å²) in [6, 6.07) is 0. The van der Waals surface area contributed by atoms with Gasteiger partial charge >= 0.3 is 0 Å². The number of carbonyl (C=O) groups is 1. The molecule has 0 radical (unpaired) electrons. The number of aryl methyl sites for hydroxylation is 1. The molecular formula is C12H20ClN3O3S. The van der Waals surface area contributed by atoms with Crippen molar-refractivity contribution in [2.24, 2.45) is 5.92 Å². The van der Waals surface area contributed by atoms with E-state index in [0.29, 0.717) is 24.7 Å². The molecule has 1 N–H and O–H groups in total.